The molecule has 2 saturated heterocycles. The van der Waals surface area contributed by atoms with Gasteiger partial charge in [-0.05, 0) is 57.8 Å². The molecule has 3 amide bonds. The van der Waals surface area contributed by atoms with E-state index in [9.17, 15) is 14.4 Å². The van der Waals surface area contributed by atoms with Crippen LogP contribution in [0.15, 0.2) is 29.9 Å². The molecule has 2 aromatic rings. The SMILES string of the molecule is CCOC(=O)N1CCC(NC(=O)C2(NC(=O)c3csc(-c4cccnc4)n3)CCNCC2)CC1. The van der Waals surface area contributed by atoms with E-state index in [1.807, 2.05) is 12.1 Å². The fourth-order valence-electron chi connectivity index (χ4n) is 4.29. The molecule has 0 unspecified atom stereocenters. The Morgan fingerprint density at radius 1 is 1.26 bits per heavy atom. The number of nitrogens with zero attached hydrogens (tertiary/aromatic N) is 3. The van der Waals surface area contributed by atoms with Crippen molar-refractivity contribution in [2.24, 2.45) is 0 Å². The van der Waals surface area contributed by atoms with Crippen LogP contribution in [0, 0.1) is 0 Å². The van der Waals surface area contributed by atoms with Crippen LogP contribution in [0.2, 0.25) is 0 Å². The second kappa shape index (κ2) is 10.9. The molecule has 2 aliphatic heterocycles. The highest BCUT2D eigenvalue weighted by atomic mass is 32.1. The van der Waals surface area contributed by atoms with Gasteiger partial charge >= 0.3 is 6.09 Å². The van der Waals surface area contributed by atoms with Crippen molar-refractivity contribution in [2.45, 2.75) is 44.2 Å². The number of amides is 3. The van der Waals surface area contributed by atoms with E-state index in [2.05, 4.69) is 25.9 Å². The smallest absolute Gasteiger partial charge is 0.409 e. The summed E-state index contributed by atoms with van der Waals surface area (Å²) < 4.78 is 5.06. The number of carbonyl (C=O) groups is 3. The number of hydrogen-bond donors (Lipinski definition) is 3. The highest BCUT2D eigenvalue weighted by molar-refractivity contribution is 7.13. The predicted molar refractivity (Wildman–Crippen MR) is 127 cm³/mol. The third-order valence-electron chi connectivity index (χ3n) is 6.25. The fourth-order valence-corrected chi connectivity index (χ4v) is 5.08. The zero-order chi connectivity index (χ0) is 24.0. The summed E-state index contributed by atoms with van der Waals surface area (Å²) in [5.41, 5.74) is 0.130. The molecule has 0 spiro atoms. The van der Waals surface area contributed by atoms with Crippen molar-refractivity contribution in [1.82, 2.24) is 30.8 Å². The number of nitrogens with one attached hydrogen (secondary N) is 3. The summed E-state index contributed by atoms with van der Waals surface area (Å²) in [5, 5.41) is 11.8. The van der Waals surface area contributed by atoms with Crippen LogP contribution in [0.4, 0.5) is 4.79 Å². The molecule has 0 saturated carbocycles. The monoisotopic (exact) mass is 486 g/mol. The number of carbonyl (C=O) groups excluding carboxylic acids is 3. The van der Waals surface area contributed by atoms with Crippen molar-refractivity contribution >= 4 is 29.2 Å². The molecule has 0 aliphatic carbocycles. The lowest BCUT2D eigenvalue weighted by Crippen LogP contribution is -2.64. The van der Waals surface area contributed by atoms with E-state index in [-0.39, 0.29) is 29.6 Å². The minimum Gasteiger partial charge on any atom is -0.450 e. The van der Waals surface area contributed by atoms with E-state index < -0.39 is 5.54 Å². The molecule has 3 N–H and O–H groups in total. The lowest BCUT2D eigenvalue weighted by molar-refractivity contribution is -0.129. The first-order valence-electron chi connectivity index (χ1n) is 11.6. The highest BCUT2D eigenvalue weighted by Crippen LogP contribution is 2.25. The van der Waals surface area contributed by atoms with E-state index in [0.29, 0.717) is 63.5 Å². The average Bonchev–Trinajstić information content (AvgIpc) is 3.36. The Morgan fingerprint density at radius 3 is 2.71 bits per heavy atom. The Balaban J connectivity index is 1.40. The number of ether oxygens (including phenoxy) is 1. The fraction of sp³-hybridized carbons (Fsp3) is 0.522. The van der Waals surface area contributed by atoms with Gasteiger partial charge in [-0.3, -0.25) is 14.6 Å². The third kappa shape index (κ3) is 5.53. The number of thiazole rings is 1. The zero-order valence-electron chi connectivity index (χ0n) is 19.2. The molecule has 34 heavy (non-hydrogen) atoms. The molecule has 182 valence electrons. The molecule has 0 aromatic carbocycles. The van der Waals surface area contributed by atoms with Crippen molar-refractivity contribution in [3.8, 4) is 10.6 Å². The van der Waals surface area contributed by atoms with Crippen LogP contribution in [0.1, 0.15) is 43.1 Å². The van der Waals surface area contributed by atoms with Crippen LogP contribution in [-0.4, -0.2) is 77.1 Å². The molecular formula is C23H30N6O4S. The molecule has 11 heteroatoms. The van der Waals surface area contributed by atoms with Crippen molar-refractivity contribution in [1.29, 1.82) is 0 Å². The number of pyridine rings is 1. The minimum absolute atomic E-state index is 0.0571. The number of likely N-dealkylation sites (tertiary alicyclic amines) is 1. The predicted octanol–water partition coefficient (Wildman–Crippen LogP) is 1.79. The van der Waals surface area contributed by atoms with Crippen LogP contribution in [-0.2, 0) is 9.53 Å². The summed E-state index contributed by atoms with van der Waals surface area (Å²) in [6.07, 6.45) is 5.35. The number of piperidine rings is 2. The Hall–Kier alpha value is -3.05. The molecule has 0 atom stereocenters. The second-order valence-corrected chi connectivity index (χ2v) is 9.36. The number of rotatable bonds is 6. The van der Waals surface area contributed by atoms with Gasteiger partial charge in [0.25, 0.3) is 5.91 Å². The maximum absolute atomic E-state index is 13.4. The van der Waals surface area contributed by atoms with Crippen molar-refractivity contribution in [3.63, 3.8) is 0 Å². The maximum Gasteiger partial charge on any atom is 0.409 e. The summed E-state index contributed by atoms with van der Waals surface area (Å²) in [7, 11) is 0. The quantitative estimate of drug-likeness (QED) is 0.568. The normalized spacial score (nSPS) is 18.2. The van der Waals surface area contributed by atoms with Gasteiger partial charge in [0.2, 0.25) is 5.91 Å². The summed E-state index contributed by atoms with van der Waals surface area (Å²) >= 11 is 1.37. The van der Waals surface area contributed by atoms with Gasteiger partial charge < -0.3 is 25.6 Å². The van der Waals surface area contributed by atoms with Gasteiger partial charge in [0.15, 0.2) is 0 Å². The molecule has 2 fully saturated rings. The van der Waals surface area contributed by atoms with E-state index in [4.69, 9.17) is 4.74 Å². The largest absolute Gasteiger partial charge is 0.450 e. The van der Waals surface area contributed by atoms with E-state index >= 15 is 0 Å². The van der Waals surface area contributed by atoms with Crippen LogP contribution in [0.3, 0.4) is 0 Å². The minimum atomic E-state index is -1.00. The number of aromatic nitrogens is 2. The topological polar surface area (TPSA) is 126 Å². The molecule has 0 radical (unpaired) electrons. The molecular weight excluding hydrogens is 456 g/mol. The lowest BCUT2D eigenvalue weighted by Gasteiger charge is -2.39. The van der Waals surface area contributed by atoms with E-state index in [1.54, 1.807) is 29.6 Å². The summed E-state index contributed by atoms with van der Waals surface area (Å²) in [6, 6.07) is 3.66. The Labute approximate surface area is 202 Å². The highest BCUT2D eigenvalue weighted by Gasteiger charge is 2.42. The van der Waals surface area contributed by atoms with Crippen LogP contribution in [0.25, 0.3) is 10.6 Å². The first-order valence-corrected chi connectivity index (χ1v) is 12.5. The van der Waals surface area contributed by atoms with Gasteiger partial charge in [0.05, 0.1) is 6.61 Å². The van der Waals surface area contributed by atoms with Gasteiger partial charge in [-0.1, -0.05) is 0 Å². The van der Waals surface area contributed by atoms with E-state index in [1.165, 1.54) is 11.3 Å². The number of hydrogen-bond acceptors (Lipinski definition) is 8. The third-order valence-corrected chi connectivity index (χ3v) is 7.14. The summed E-state index contributed by atoms with van der Waals surface area (Å²) in [6.45, 7) is 4.44. The average molecular weight is 487 g/mol. The summed E-state index contributed by atoms with van der Waals surface area (Å²) in [4.78, 5) is 48.7. The molecule has 2 aromatic heterocycles. The van der Waals surface area contributed by atoms with Crippen molar-refractivity contribution < 1.29 is 19.1 Å². The first-order chi connectivity index (χ1) is 16.5. The maximum atomic E-state index is 13.4. The lowest BCUT2D eigenvalue weighted by atomic mass is 9.86. The molecule has 10 nitrogen and oxygen atoms in total. The first kappa shape index (κ1) is 24.1. The van der Waals surface area contributed by atoms with Gasteiger partial charge in [-0.15, -0.1) is 11.3 Å². The Bertz CT molecular complexity index is 1000. The van der Waals surface area contributed by atoms with Crippen LogP contribution < -0.4 is 16.0 Å². The standard InChI is InChI=1S/C23H30N6O4S/c1-2-33-22(32)29-12-5-17(6-13-29)26-21(31)23(7-10-24-11-8-23)28-19(30)18-15-34-20(27-18)16-4-3-9-25-14-16/h3-4,9,14-15,17,24H,2,5-8,10-13H2,1H3,(H,26,31)(H,28,30). The van der Waals surface area contributed by atoms with Crippen LogP contribution >= 0.6 is 11.3 Å². The summed E-state index contributed by atoms with van der Waals surface area (Å²) in [5.74, 6) is -0.541. The molecule has 4 rings (SSSR count). The zero-order valence-corrected chi connectivity index (χ0v) is 20.0. The molecule has 4 heterocycles. The van der Waals surface area contributed by atoms with E-state index in [0.717, 1.165) is 5.56 Å². The molecule has 0 bridgehead atoms. The van der Waals surface area contributed by atoms with Gasteiger partial charge in [0.1, 0.15) is 16.2 Å². The van der Waals surface area contributed by atoms with Crippen molar-refractivity contribution in [3.05, 3.63) is 35.6 Å². The second-order valence-electron chi connectivity index (χ2n) is 8.50. The van der Waals surface area contributed by atoms with Gasteiger partial charge in [0, 0.05) is 42.5 Å². The van der Waals surface area contributed by atoms with Crippen LogP contribution in [0.5, 0.6) is 0 Å². The van der Waals surface area contributed by atoms with Crippen molar-refractivity contribution in [2.75, 3.05) is 32.8 Å². The van der Waals surface area contributed by atoms with Gasteiger partial charge in [-0.25, -0.2) is 9.78 Å². The van der Waals surface area contributed by atoms with Gasteiger partial charge in [-0.2, -0.15) is 0 Å². The Kier molecular flexibility index (Phi) is 7.73. The Morgan fingerprint density at radius 2 is 2.03 bits per heavy atom. The molecule has 2 aliphatic rings.